The lowest BCUT2D eigenvalue weighted by Gasteiger charge is -2.35. The second-order valence-corrected chi connectivity index (χ2v) is 12.6. The lowest BCUT2D eigenvalue weighted by molar-refractivity contribution is 0.190. The zero-order chi connectivity index (χ0) is 31.1. The molecule has 2 aliphatic rings. The minimum atomic E-state index is -1.03. The van der Waals surface area contributed by atoms with Gasteiger partial charge in [0.05, 0.1) is 6.61 Å². The highest BCUT2D eigenvalue weighted by molar-refractivity contribution is 5.74. The highest BCUT2D eigenvalue weighted by atomic mass is 19.2. The zero-order valence-corrected chi connectivity index (χ0v) is 25.8. The van der Waals surface area contributed by atoms with Crippen molar-refractivity contribution in [1.82, 2.24) is 0 Å². The summed E-state index contributed by atoms with van der Waals surface area (Å²) in [7, 11) is 0. The second kappa shape index (κ2) is 15.1. The molecule has 3 aromatic rings. The third-order valence-corrected chi connectivity index (χ3v) is 9.78. The molecular formula is C39H44F4O. The summed E-state index contributed by atoms with van der Waals surface area (Å²) >= 11 is 0. The van der Waals surface area contributed by atoms with E-state index in [0.29, 0.717) is 29.2 Å². The van der Waals surface area contributed by atoms with Gasteiger partial charge in [-0.3, -0.25) is 0 Å². The molecule has 1 atom stereocenters. The first-order valence-electron chi connectivity index (χ1n) is 16.4. The summed E-state index contributed by atoms with van der Waals surface area (Å²) in [5.41, 5.74) is 2.35. The van der Waals surface area contributed by atoms with Crippen LogP contribution in [0.25, 0.3) is 27.8 Å². The molecule has 5 heteroatoms. The lowest BCUT2D eigenvalue weighted by atomic mass is 9.70. The highest BCUT2D eigenvalue weighted by Gasteiger charge is 2.29. The first-order chi connectivity index (χ1) is 21.4. The second-order valence-electron chi connectivity index (χ2n) is 12.6. The summed E-state index contributed by atoms with van der Waals surface area (Å²) in [6.45, 7) is 6.23. The van der Waals surface area contributed by atoms with Crippen molar-refractivity contribution in [2.75, 3.05) is 6.61 Å². The standard InChI is InChI=1S/C39H44F4O/c1-3-5-7-25-44-35-24-23-34(38(42)39(35)43)31-19-17-30(18-20-31)33-22-21-32(36(40)37(33)41)29-15-13-28(14-16-29)27-11-9-26(10-12-27)8-6-4-2/h4,15,17-24,26-28H,2-3,5-14,16,25H2,1H3. The summed E-state index contributed by atoms with van der Waals surface area (Å²) in [5.74, 6) is -1.68. The minimum absolute atomic E-state index is 0.0836. The molecule has 0 bridgehead atoms. The molecule has 0 heterocycles. The molecule has 0 amide bonds. The molecule has 0 N–H and O–H groups in total. The molecule has 3 aromatic carbocycles. The van der Waals surface area contributed by atoms with Gasteiger partial charge in [0.25, 0.3) is 0 Å². The van der Waals surface area contributed by atoms with Crippen molar-refractivity contribution in [2.24, 2.45) is 17.8 Å². The minimum Gasteiger partial charge on any atom is -0.490 e. The first-order valence-corrected chi connectivity index (χ1v) is 16.4. The quantitative estimate of drug-likeness (QED) is 0.114. The Morgan fingerprint density at radius 1 is 0.727 bits per heavy atom. The monoisotopic (exact) mass is 604 g/mol. The van der Waals surface area contributed by atoms with E-state index in [1.807, 2.05) is 6.08 Å². The van der Waals surface area contributed by atoms with Crippen molar-refractivity contribution in [2.45, 2.75) is 84.0 Å². The Hall–Kier alpha value is -3.34. The molecule has 1 saturated carbocycles. The maximum atomic E-state index is 15.4. The van der Waals surface area contributed by atoms with E-state index in [1.165, 1.54) is 44.2 Å². The number of benzene rings is 3. The molecule has 1 nitrogen and oxygen atoms in total. The number of unbranched alkanes of at least 4 members (excludes halogenated alkanes) is 2. The van der Waals surface area contributed by atoms with Gasteiger partial charge in [0.15, 0.2) is 23.2 Å². The van der Waals surface area contributed by atoms with Gasteiger partial charge < -0.3 is 4.74 Å². The fraction of sp³-hybridized carbons (Fsp3) is 0.436. The zero-order valence-electron chi connectivity index (χ0n) is 25.8. The molecule has 44 heavy (non-hydrogen) atoms. The van der Waals surface area contributed by atoms with Gasteiger partial charge in [0, 0.05) is 16.7 Å². The van der Waals surface area contributed by atoms with Gasteiger partial charge in [0.2, 0.25) is 5.82 Å². The third-order valence-electron chi connectivity index (χ3n) is 9.78. The van der Waals surface area contributed by atoms with Crippen molar-refractivity contribution in [3.05, 3.63) is 96.1 Å². The fourth-order valence-corrected chi connectivity index (χ4v) is 7.08. The number of hydrogen-bond acceptors (Lipinski definition) is 1. The number of halogens is 4. The molecule has 0 aromatic heterocycles. The maximum absolute atomic E-state index is 15.4. The summed E-state index contributed by atoms with van der Waals surface area (Å²) in [6.07, 6.45) is 17.0. The molecular weight excluding hydrogens is 560 g/mol. The normalized spacial score (nSPS) is 20.3. The van der Waals surface area contributed by atoms with Gasteiger partial charge in [-0.05, 0) is 98.0 Å². The Bertz CT molecular complexity index is 1450. The Labute approximate surface area is 260 Å². The fourth-order valence-electron chi connectivity index (χ4n) is 7.08. The van der Waals surface area contributed by atoms with E-state index in [-0.39, 0.29) is 16.9 Å². The van der Waals surface area contributed by atoms with E-state index in [2.05, 4.69) is 19.6 Å². The van der Waals surface area contributed by atoms with Crippen molar-refractivity contribution in [3.8, 4) is 28.0 Å². The highest BCUT2D eigenvalue weighted by Crippen LogP contribution is 2.43. The summed E-state index contributed by atoms with van der Waals surface area (Å²) in [5, 5.41) is 0. The van der Waals surface area contributed by atoms with E-state index in [4.69, 9.17) is 4.74 Å². The molecule has 234 valence electrons. The topological polar surface area (TPSA) is 9.23 Å². The van der Waals surface area contributed by atoms with Crippen LogP contribution >= 0.6 is 0 Å². The van der Waals surface area contributed by atoms with Crippen LogP contribution in [0.1, 0.15) is 89.5 Å². The first kappa shape index (κ1) is 32.1. The van der Waals surface area contributed by atoms with E-state index in [9.17, 15) is 8.78 Å². The lowest BCUT2D eigenvalue weighted by Crippen LogP contribution is -2.23. The van der Waals surface area contributed by atoms with E-state index < -0.39 is 23.3 Å². The summed E-state index contributed by atoms with van der Waals surface area (Å²) < 4.78 is 65.8. The van der Waals surface area contributed by atoms with Gasteiger partial charge in [-0.15, -0.1) is 6.58 Å². The van der Waals surface area contributed by atoms with Crippen molar-refractivity contribution >= 4 is 5.57 Å². The van der Waals surface area contributed by atoms with Gasteiger partial charge in [-0.2, -0.15) is 4.39 Å². The van der Waals surface area contributed by atoms with Crippen molar-refractivity contribution in [1.29, 1.82) is 0 Å². The van der Waals surface area contributed by atoms with Crippen LogP contribution in [-0.4, -0.2) is 6.61 Å². The Kier molecular flexibility index (Phi) is 11.0. The van der Waals surface area contributed by atoms with Gasteiger partial charge in [0.1, 0.15) is 0 Å². The van der Waals surface area contributed by atoms with Crippen LogP contribution in [0.3, 0.4) is 0 Å². The van der Waals surface area contributed by atoms with Gasteiger partial charge in [-0.25, -0.2) is 13.2 Å². The average molecular weight is 605 g/mol. The summed E-state index contributed by atoms with van der Waals surface area (Å²) in [4.78, 5) is 0. The average Bonchev–Trinajstić information content (AvgIpc) is 3.06. The maximum Gasteiger partial charge on any atom is 0.201 e. The molecule has 1 unspecified atom stereocenters. The van der Waals surface area contributed by atoms with Crippen LogP contribution in [0, 0.1) is 41.0 Å². The van der Waals surface area contributed by atoms with Crippen molar-refractivity contribution in [3.63, 3.8) is 0 Å². The van der Waals surface area contributed by atoms with E-state index >= 15 is 8.78 Å². The molecule has 0 aliphatic heterocycles. The van der Waals surface area contributed by atoms with Crippen LogP contribution in [0.2, 0.25) is 0 Å². The van der Waals surface area contributed by atoms with Crippen LogP contribution in [-0.2, 0) is 0 Å². The summed E-state index contributed by atoms with van der Waals surface area (Å²) in [6, 6.07) is 12.6. The van der Waals surface area contributed by atoms with Gasteiger partial charge >= 0.3 is 0 Å². The number of ether oxygens (including phenoxy) is 1. The Morgan fingerprint density at radius 2 is 1.34 bits per heavy atom. The largest absolute Gasteiger partial charge is 0.490 e. The predicted molar refractivity (Wildman–Crippen MR) is 172 cm³/mol. The Morgan fingerprint density at radius 3 is 1.95 bits per heavy atom. The van der Waals surface area contributed by atoms with E-state index in [1.54, 1.807) is 36.4 Å². The van der Waals surface area contributed by atoms with Crippen LogP contribution < -0.4 is 4.74 Å². The number of hydrogen-bond donors (Lipinski definition) is 0. The van der Waals surface area contributed by atoms with E-state index in [0.717, 1.165) is 62.4 Å². The SMILES string of the molecule is C=CCCC1CCC(C2CC=C(c3ccc(-c4ccc(-c5ccc(OCCCCC)c(F)c5F)cc4)c(F)c3F)CC2)CC1. The molecule has 0 saturated heterocycles. The number of rotatable bonds is 12. The molecule has 5 rings (SSSR count). The smallest absolute Gasteiger partial charge is 0.201 e. The third kappa shape index (κ3) is 7.30. The molecule has 0 radical (unpaired) electrons. The molecule has 1 fully saturated rings. The molecule has 0 spiro atoms. The van der Waals surface area contributed by atoms with Crippen molar-refractivity contribution < 1.29 is 22.3 Å². The van der Waals surface area contributed by atoms with Crippen LogP contribution in [0.15, 0.2) is 67.3 Å². The van der Waals surface area contributed by atoms with Crippen LogP contribution in [0.5, 0.6) is 5.75 Å². The predicted octanol–water partition coefficient (Wildman–Crippen LogP) is 12.1. The molecule has 2 aliphatic carbocycles. The number of allylic oxidation sites excluding steroid dienone is 3. The Balaban J connectivity index is 1.24. The van der Waals surface area contributed by atoms with Crippen LogP contribution in [0.4, 0.5) is 17.6 Å². The van der Waals surface area contributed by atoms with Gasteiger partial charge in [-0.1, -0.05) is 81.2 Å².